The predicted octanol–water partition coefficient (Wildman–Crippen LogP) is 2.89. The number of carbonyl (C=O) groups excluding carboxylic acids is 1. The lowest BCUT2D eigenvalue weighted by molar-refractivity contribution is 0.0947. The van der Waals surface area contributed by atoms with E-state index >= 15 is 0 Å². The number of para-hydroxylation sites is 1. The fourth-order valence-electron chi connectivity index (χ4n) is 2.23. The molecule has 23 heavy (non-hydrogen) atoms. The van der Waals surface area contributed by atoms with E-state index in [1.54, 1.807) is 0 Å². The number of rotatable bonds is 6. The SMILES string of the molecule is O=C(NCCOc1ccccc1)c1cn[nH]c1-c1ccccc1. The second-order valence-corrected chi connectivity index (χ2v) is 4.94. The topological polar surface area (TPSA) is 67.0 Å². The molecular weight excluding hydrogens is 290 g/mol. The Morgan fingerprint density at radius 2 is 1.74 bits per heavy atom. The molecule has 0 aliphatic heterocycles. The first-order valence-electron chi connectivity index (χ1n) is 7.39. The Bertz CT molecular complexity index is 754. The molecule has 5 heteroatoms. The van der Waals surface area contributed by atoms with Gasteiger partial charge in [-0.05, 0) is 12.1 Å². The first-order chi connectivity index (χ1) is 11.3. The molecule has 5 nitrogen and oxygen atoms in total. The average Bonchev–Trinajstić information content (AvgIpc) is 3.10. The van der Waals surface area contributed by atoms with E-state index in [2.05, 4.69) is 15.5 Å². The predicted molar refractivity (Wildman–Crippen MR) is 88.3 cm³/mol. The van der Waals surface area contributed by atoms with Crippen molar-refractivity contribution in [1.29, 1.82) is 0 Å². The molecule has 1 heterocycles. The molecule has 1 aromatic heterocycles. The van der Waals surface area contributed by atoms with Gasteiger partial charge in [0.2, 0.25) is 0 Å². The van der Waals surface area contributed by atoms with E-state index < -0.39 is 0 Å². The van der Waals surface area contributed by atoms with Crippen molar-refractivity contribution in [3.05, 3.63) is 72.4 Å². The van der Waals surface area contributed by atoms with Crippen LogP contribution in [0.5, 0.6) is 5.75 Å². The number of hydrogen-bond donors (Lipinski definition) is 2. The zero-order valence-corrected chi connectivity index (χ0v) is 12.5. The molecule has 0 bridgehead atoms. The monoisotopic (exact) mass is 307 g/mol. The maximum atomic E-state index is 12.3. The highest BCUT2D eigenvalue weighted by Gasteiger charge is 2.14. The summed E-state index contributed by atoms with van der Waals surface area (Å²) in [5, 5.41) is 9.70. The normalized spacial score (nSPS) is 10.3. The van der Waals surface area contributed by atoms with Gasteiger partial charge < -0.3 is 10.1 Å². The van der Waals surface area contributed by atoms with Crippen molar-refractivity contribution in [2.24, 2.45) is 0 Å². The van der Waals surface area contributed by atoms with Crippen molar-refractivity contribution in [3.63, 3.8) is 0 Å². The third-order valence-corrected chi connectivity index (χ3v) is 3.35. The van der Waals surface area contributed by atoms with Crippen molar-refractivity contribution in [2.75, 3.05) is 13.2 Å². The minimum atomic E-state index is -0.172. The largest absolute Gasteiger partial charge is 0.492 e. The Balaban J connectivity index is 1.56. The van der Waals surface area contributed by atoms with Crippen LogP contribution in [0.1, 0.15) is 10.4 Å². The zero-order valence-electron chi connectivity index (χ0n) is 12.5. The third-order valence-electron chi connectivity index (χ3n) is 3.35. The number of hydrogen-bond acceptors (Lipinski definition) is 3. The fourth-order valence-corrected chi connectivity index (χ4v) is 2.23. The van der Waals surface area contributed by atoms with Crippen LogP contribution in [-0.2, 0) is 0 Å². The third kappa shape index (κ3) is 3.77. The van der Waals surface area contributed by atoms with Crippen molar-refractivity contribution < 1.29 is 9.53 Å². The van der Waals surface area contributed by atoms with Gasteiger partial charge in [-0.2, -0.15) is 5.10 Å². The summed E-state index contributed by atoms with van der Waals surface area (Å²) in [6, 6.07) is 19.1. The fraction of sp³-hybridized carbons (Fsp3) is 0.111. The summed E-state index contributed by atoms with van der Waals surface area (Å²) in [7, 11) is 0. The molecule has 0 atom stereocenters. The number of carbonyl (C=O) groups is 1. The van der Waals surface area contributed by atoms with Gasteiger partial charge in [0.15, 0.2) is 0 Å². The van der Waals surface area contributed by atoms with Crippen LogP contribution in [0.4, 0.5) is 0 Å². The van der Waals surface area contributed by atoms with E-state index in [1.807, 2.05) is 60.7 Å². The van der Waals surface area contributed by atoms with Gasteiger partial charge in [-0.3, -0.25) is 9.89 Å². The number of nitrogens with one attached hydrogen (secondary N) is 2. The Morgan fingerprint density at radius 1 is 1.04 bits per heavy atom. The van der Waals surface area contributed by atoms with Gasteiger partial charge in [0.05, 0.1) is 24.0 Å². The smallest absolute Gasteiger partial charge is 0.255 e. The van der Waals surface area contributed by atoms with E-state index in [0.29, 0.717) is 24.4 Å². The lowest BCUT2D eigenvalue weighted by Crippen LogP contribution is -2.28. The summed E-state index contributed by atoms with van der Waals surface area (Å²) >= 11 is 0. The van der Waals surface area contributed by atoms with E-state index in [-0.39, 0.29) is 5.91 Å². The van der Waals surface area contributed by atoms with Gasteiger partial charge in [-0.1, -0.05) is 48.5 Å². The molecule has 2 N–H and O–H groups in total. The highest BCUT2D eigenvalue weighted by molar-refractivity contribution is 5.99. The Labute approximate surface area is 134 Å². The quantitative estimate of drug-likeness (QED) is 0.688. The first kappa shape index (κ1) is 14.8. The summed E-state index contributed by atoms with van der Waals surface area (Å²) in [6.07, 6.45) is 1.54. The van der Waals surface area contributed by atoms with E-state index in [9.17, 15) is 4.79 Å². The number of ether oxygens (including phenoxy) is 1. The van der Waals surface area contributed by atoms with Gasteiger partial charge >= 0.3 is 0 Å². The van der Waals surface area contributed by atoms with Crippen LogP contribution in [0.2, 0.25) is 0 Å². The van der Waals surface area contributed by atoms with Crippen LogP contribution in [0.25, 0.3) is 11.3 Å². The molecule has 1 amide bonds. The van der Waals surface area contributed by atoms with Crippen LogP contribution in [0.15, 0.2) is 66.9 Å². The molecule has 0 aliphatic carbocycles. The minimum Gasteiger partial charge on any atom is -0.492 e. The summed E-state index contributed by atoms with van der Waals surface area (Å²) in [6.45, 7) is 0.835. The average molecular weight is 307 g/mol. The van der Waals surface area contributed by atoms with Gasteiger partial charge in [-0.25, -0.2) is 0 Å². The second-order valence-electron chi connectivity index (χ2n) is 4.94. The van der Waals surface area contributed by atoms with E-state index in [4.69, 9.17) is 4.74 Å². The molecule has 0 radical (unpaired) electrons. The number of nitrogens with zero attached hydrogens (tertiary/aromatic N) is 1. The van der Waals surface area contributed by atoms with Gasteiger partial charge in [0.1, 0.15) is 12.4 Å². The van der Waals surface area contributed by atoms with Crippen LogP contribution in [0.3, 0.4) is 0 Å². The van der Waals surface area contributed by atoms with Crippen LogP contribution >= 0.6 is 0 Å². The van der Waals surface area contributed by atoms with Gasteiger partial charge in [-0.15, -0.1) is 0 Å². The highest BCUT2D eigenvalue weighted by Crippen LogP contribution is 2.20. The molecule has 3 rings (SSSR count). The molecule has 0 fully saturated rings. The van der Waals surface area contributed by atoms with Gasteiger partial charge in [0, 0.05) is 5.56 Å². The summed E-state index contributed by atoms with van der Waals surface area (Å²) in [5.74, 6) is 0.615. The Kier molecular flexibility index (Phi) is 4.69. The Morgan fingerprint density at radius 3 is 2.48 bits per heavy atom. The molecule has 0 saturated carbocycles. The molecule has 2 aromatic carbocycles. The molecule has 116 valence electrons. The first-order valence-corrected chi connectivity index (χ1v) is 7.39. The van der Waals surface area contributed by atoms with Crippen LogP contribution < -0.4 is 10.1 Å². The maximum absolute atomic E-state index is 12.3. The van der Waals surface area contributed by atoms with Crippen molar-refractivity contribution >= 4 is 5.91 Å². The minimum absolute atomic E-state index is 0.172. The number of benzene rings is 2. The lowest BCUT2D eigenvalue weighted by atomic mass is 10.1. The molecule has 0 saturated heterocycles. The molecule has 0 spiro atoms. The molecule has 3 aromatic rings. The number of H-pyrrole nitrogens is 1. The van der Waals surface area contributed by atoms with Crippen molar-refractivity contribution in [3.8, 4) is 17.0 Å². The zero-order chi connectivity index (χ0) is 15.9. The van der Waals surface area contributed by atoms with Crippen LogP contribution in [-0.4, -0.2) is 29.3 Å². The maximum Gasteiger partial charge on any atom is 0.255 e. The van der Waals surface area contributed by atoms with E-state index in [1.165, 1.54) is 6.20 Å². The molecule has 0 aliphatic rings. The van der Waals surface area contributed by atoms with Crippen molar-refractivity contribution in [2.45, 2.75) is 0 Å². The highest BCUT2D eigenvalue weighted by atomic mass is 16.5. The van der Waals surface area contributed by atoms with Crippen LogP contribution in [0, 0.1) is 0 Å². The number of aromatic amines is 1. The van der Waals surface area contributed by atoms with Crippen molar-refractivity contribution in [1.82, 2.24) is 15.5 Å². The second kappa shape index (κ2) is 7.26. The summed E-state index contributed by atoms with van der Waals surface area (Å²) < 4.78 is 5.55. The summed E-state index contributed by atoms with van der Waals surface area (Å²) in [4.78, 5) is 12.3. The number of aromatic nitrogens is 2. The number of amides is 1. The summed E-state index contributed by atoms with van der Waals surface area (Å²) in [5.41, 5.74) is 2.17. The standard InChI is InChI=1S/C18H17N3O2/c22-18(19-11-12-23-15-9-5-2-6-10-15)16-13-20-21-17(16)14-7-3-1-4-8-14/h1-10,13H,11-12H2,(H,19,22)(H,20,21). The molecular formula is C18H17N3O2. The van der Waals surface area contributed by atoms with Gasteiger partial charge in [0.25, 0.3) is 5.91 Å². The molecule has 0 unspecified atom stereocenters. The Hall–Kier alpha value is -3.08. The lowest BCUT2D eigenvalue weighted by Gasteiger charge is -2.08. The van der Waals surface area contributed by atoms with E-state index in [0.717, 1.165) is 11.3 Å².